The van der Waals surface area contributed by atoms with Crippen LogP contribution in [0.5, 0.6) is 0 Å². The summed E-state index contributed by atoms with van der Waals surface area (Å²) in [6.45, 7) is 7.75. The van der Waals surface area contributed by atoms with Gasteiger partial charge in [0, 0.05) is 36.8 Å². The van der Waals surface area contributed by atoms with Crippen LogP contribution in [-0.2, 0) is 9.36 Å². The van der Waals surface area contributed by atoms with Crippen LogP contribution in [0.15, 0.2) is 0 Å². The molecule has 3 unspecified atom stereocenters. The number of quaternary nitrogens is 1. The van der Waals surface area contributed by atoms with Crippen molar-refractivity contribution in [3.63, 3.8) is 0 Å². The van der Waals surface area contributed by atoms with Crippen LogP contribution in [0.4, 0.5) is 0 Å². The van der Waals surface area contributed by atoms with Crippen molar-refractivity contribution in [3.8, 4) is 0 Å². The summed E-state index contributed by atoms with van der Waals surface area (Å²) in [5, 5.41) is 10.6. The van der Waals surface area contributed by atoms with Gasteiger partial charge in [0.15, 0.2) is 0 Å². The Bertz CT molecular complexity index is 403. The predicted octanol–water partition coefficient (Wildman–Crippen LogP) is -2.66. The third-order valence-corrected chi connectivity index (χ3v) is 5.93. The smallest absolute Gasteiger partial charge is 0.779 e. The first-order valence-electron chi connectivity index (χ1n) is 8.29. The van der Waals surface area contributed by atoms with E-state index < -0.39 is 13.6 Å². The van der Waals surface area contributed by atoms with Crippen LogP contribution < -0.4 is 39.6 Å². The van der Waals surface area contributed by atoms with Gasteiger partial charge in [0.05, 0.1) is 26.2 Å². The quantitative estimate of drug-likeness (QED) is 0.261. The molecule has 0 aromatic rings. The van der Waals surface area contributed by atoms with Gasteiger partial charge in [0.1, 0.15) is 7.60 Å². The van der Waals surface area contributed by atoms with E-state index in [0.29, 0.717) is 31.2 Å². The molecule has 0 aromatic carbocycles. The first kappa shape index (κ1) is 23.6. The Hall–Kier alpha value is 0.580. The van der Waals surface area contributed by atoms with Crippen molar-refractivity contribution < 1.29 is 58.3 Å². The topological polar surface area (TPSA) is 100 Å². The van der Waals surface area contributed by atoms with E-state index in [2.05, 4.69) is 13.8 Å². The molecule has 0 aromatic heterocycles. The molecule has 8 heteroatoms. The number of rotatable bonds is 10. The standard InChI is InChI=1S/C15H30NO5P.Na/c1-3-13-11-16(12-14(13)4-2,8-5-7-15(17)18)9-6-10-22(19,20)21;/h13-14H,3-12H2,1-2H3,(H2-,17,18,19,20,21);/q;+1/p-1. The summed E-state index contributed by atoms with van der Waals surface area (Å²) >= 11 is 0. The minimum absolute atomic E-state index is 0. The average Bonchev–Trinajstić information content (AvgIpc) is 2.75. The fourth-order valence-corrected chi connectivity index (χ4v) is 4.48. The molecule has 1 rings (SSSR count). The van der Waals surface area contributed by atoms with Crippen LogP contribution in [0.3, 0.4) is 0 Å². The van der Waals surface area contributed by atoms with E-state index in [9.17, 15) is 19.4 Å². The SMILES string of the molecule is CCC1C[N+](CCCC(=O)[O-])(CCCP(=O)([O-])O)CC1CC.[Na+]. The van der Waals surface area contributed by atoms with Crippen molar-refractivity contribution in [3.05, 3.63) is 0 Å². The fraction of sp³-hybridized carbons (Fsp3) is 0.933. The number of hydrogen-bond acceptors (Lipinski definition) is 4. The number of nitrogens with zero attached hydrogens (tertiary/aromatic N) is 1. The Morgan fingerprint density at radius 1 is 1.17 bits per heavy atom. The maximum absolute atomic E-state index is 10.9. The zero-order valence-corrected chi connectivity index (χ0v) is 17.6. The second-order valence-electron chi connectivity index (χ2n) is 6.68. The Kier molecular flexibility index (Phi) is 10.8. The van der Waals surface area contributed by atoms with Gasteiger partial charge in [0.25, 0.3) is 0 Å². The molecule has 3 atom stereocenters. The van der Waals surface area contributed by atoms with Gasteiger partial charge >= 0.3 is 29.6 Å². The van der Waals surface area contributed by atoms with Crippen LogP contribution in [0.25, 0.3) is 0 Å². The zero-order chi connectivity index (χ0) is 16.8. The van der Waals surface area contributed by atoms with Crippen LogP contribution >= 0.6 is 7.60 Å². The third kappa shape index (κ3) is 8.48. The van der Waals surface area contributed by atoms with Crippen molar-refractivity contribution in [2.45, 2.75) is 46.0 Å². The summed E-state index contributed by atoms with van der Waals surface area (Å²) in [7, 11) is -4.20. The fourth-order valence-electron chi connectivity index (χ4n) is 3.93. The molecule has 1 fully saturated rings. The van der Waals surface area contributed by atoms with E-state index >= 15 is 0 Å². The van der Waals surface area contributed by atoms with E-state index in [1.165, 1.54) is 0 Å². The largest absolute Gasteiger partial charge is 1.00 e. The molecular weight excluding hydrogens is 328 g/mol. The number of carboxylic acids is 1. The normalized spacial score (nSPS) is 29.7. The Balaban J connectivity index is 0.00000484. The van der Waals surface area contributed by atoms with E-state index in [-0.39, 0.29) is 42.1 Å². The Morgan fingerprint density at radius 2 is 1.65 bits per heavy atom. The molecule has 1 N–H and O–H groups in total. The van der Waals surface area contributed by atoms with Crippen LogP contribution in [-0.4, -0.2) is 47.7 Å². The summed E-state index contributed by atoms with van der Waals surface area (Å²) in [6, 6.07) is 0. The van der Waals surface area contributed by atoms with Gasteiger partial charge in [-0.25, -0.2) is 0 Å². The van der Waals surface area contributed by atoms with Crippen molar-refractivity contribution in [1.82, 2.24) is 0 Å². The molecule has 0 amide bonds. The summed E-state index contributed by atoms with van der Waals surface area (Å²) in [6.07, 6.45) is 3.03. The number of likely N-dealkylation sites (tertiary alicyclic amines) is 1. The monoisotopic (exact) mass is 357 g/mol. The van der Waals surface area contributed by atoms with Gasteiger partial charge in [-0.15, -0.1) is 0 Å². The summed E-state index contributed by atoms with van der Waals surface area (Å²) < 4.78 is 11.7. The van der Waals surface area contributed by atoms with Crippen molar-refractivity contribution in [2.24, 2.45) is 11.8 Å². The number of hydrogen-bond donors (Lipinski definition) is 1. The molecule has 6 nitrogen and oxygen atoms in total. The van der Waals surface area contributed by atoms with E-state index in [4.69, 9.17) is 4.89 Å². The van der Waals surface area contributed by atoms with Crippen LogP contribution in [0.1, 0.15) is 46.0 Å². The maximum Gasteiger partial charge on any atom is 1.00 e. The first-order valence-corrected chi connectivity index (χ1v) is 10.1. The van der Waals surface area contributed by atoms with Crippen molar-refractivity contribution >= 4 is 13.6 Å². The zero-order valence-electron chi connectivity index (χ0n) is 14.7. The minimum atomic E-state index is -4.20. The van der Waals surface area contributed by atoms with Crippen LogP contribution in [0, 0.1) is 11.8 Å². The molecule has 0 bridgehead atoms. The Morgan fingerprint density at radius 3 is 2.04 bits per heavy atom. The molecule has 1 aliphatic heterocycles. The van der Waals surface area contributed by atoms with Gasteiger partial charge in [-0.3, -0.25) is 0 Å². The predicted molar refractivity (Wildman–Crippen MR) is 80.8 cm³/mol. The van der Waals surface area contributed by atoms with E-state index in [1.807, 2.05) is 0 Å². The molecule has 0 aliphatic carbocycles. The second-order valence-corrected chi connectivity index (χ2v) is 8.40. The molecule has 0 radical (unpaired) electrons. The van der Waals surface area contributed by atoms with E-state index in [1.54, 1.807) is 0 Å². The van der Waals surface area contributed by atoms with Gasteiger partial charge in [-0.1, -0.05) is 13.8 Å². The number of carbonyl (C=O) groups excluding carboxylic acids is 1. The summed E-state index contributed by atoms with van der Waals surface area (Å²) in [4.78, 5) is 30.5. The van der Waals surface area contributed by atoms with Gasteiger partial charge < -0.3 is 28.7 Å². The minimum Gasteiger partial charge on any atom is -0.779 e. The molecule has 1 heterocycles. The number of carbonyl (C=O) groups is 1. The third-order valence-electron chi connectivity index (χ3n) is 5.05. The molecule has 1 aliphatic rings. The van der Waals surface area contributed by atoms with Crippen molar-refractivity contribution in [2.75, 3.05) is 32.3 Å². The van der Waals surface area contributed by atoms with Gasteiger partial charge in [0.2, 0.25) is 0 Å². The second kappa shape index (κ2) is 10.5. The van der Waals surface area contributed by atoms with Crippen molar-refractivity contribution in [1.29, 1.82) is 0 Å². The summed E-state index contributed by atoms with van der Waals surface area (Å²) in [5.41, 5.74) is 0. The first-order chi connectivity index (χ1) is 10.2. The molecule has 0 spiro atoms. The van der Waals surface area contributed by atoms with Crippen LogP contribution in [0.2, 0.25) is 0 Å². The molecule has 0 saturated carbocycles. The van der Waals surface area contributed by atoms with Gasteiger partial charge in [-0.2, -0.15) is 0 Å². The maximum atomic E-state index is 10.9. The average molecular weight is 357 g/mol. The number of aliphatic carboxylic acids is 1. The Labute approximate surface area is 161 Å². The summed E-state index contributed by atoms with van der Waals surface area (Å²) in [5.74, 6) is 0.193. The molecule has 130 valence electrons. The number of carboxylic acid groups (broad SMARTS) is 1. The molecule has 23 heavy (non-hydrogen) atoms. The van der Waals surface area contributed by atoms with E-state index in [0.717, 1.165) is 37.0 Å². The molecule has 1 saturated heterocycles. The van der Waals surface area contributed by atoms with Gasteiger partial charge in [-0.05, 0) is 19.3 Å². The molecular formula is C15H29NNaO5P.